The summed E-state index contributed by atoms with van der Waals surface area (Å²) in [6.07, 6.45) is 3.06. The second-order valence-corrected chi connectivity index (χ2v) is 4.90. The van der Waals surface area contributed by atoms with Crippen molar-refractivity contribution in [2.45, 2.75) is 46.1 Å². The van der Waals surface area contributed by atoms with Crippen LogP contribution in [0.3, 0.4) is 0 Å². The fourth-order valence-corrected chi connectivity index (χ4v) is 1.72. The lowest BCUT2D eigenvalue weighted by molar-refractivity contribution is 0.313. The van der Waals surface area contributed by atoms with Gasteiger partial charge in [-0.25, -0.2) is 0 Å². The largest absolute Gasteiger partial charge is 0.493 e. The van der Waals surface area contributed by atoms with E-state index in [9.17, 15) is 0 Å². The van der Waals surface area contributed by atoms with Gasteiger partial charge in [-0.3, -0.25) is 0 Å². The Hall–Kier alpha value is -1.02. The number of ether oxygens (including phenoxy) is 1. The Balaban J connectivity index is 2.57. The fourth-order valence-electron chi connectivity index (χ4n) is 1.72. The summed E-state index contributed by atoms with van der Waals surface area (Å²) in [7, 11) is 0. The summed E-state index contributed by atoms with van der Waals surface area (Å²) in [5, 5.41) is 0. The van der Waals surface area contributed by atoms with Crippen LogP contribution in [-0.4, -0.2) is 12.6 Å². The predicted molar refractivity (Wildman–Crippen MR) is 73.4 cm³/mol. The molecular formula is C15H25NO. The first kappa shape index (κ1) is 14.0. The van der Waals surface area contributed by atoms with Crippen molar-refractivity contribution in [3.05, 3.63) is 29.8 Å². The number of hydrogen-bond donors (Lipinski definition) is 1. The van der Waals surface area contributed by atoms with Gasteiger partial charge in [0.2, 0.25) is 0 Å². The third-order valence-electron chi connectivity index (χ3n) is 3.04. The van der Waals surface area contributed by atoms with Crippen molar-refractivity contribution >= 4 is 0 Å². The minimum Gasteiger partial charge on any atom is -0.493 e. The molecule has 0 aliphatic rings. The Morgan fingerprint density at radius 1 is 1.24 bits per heavy atom. The molecule has 2 nitrogen and oxygen atoms in total. The van der Waals surface area contributed by atoms with E-state index < -0.39 is 0 Å². The van der Waals surface area contributed by atoms with Gasteiger partial charge in [-0.1, -0.05) is 39.0 Å². The van der Waals surface area contributed by atoms with Crippen LogP contribution in [0.15, 0.2) is 24.3 Å². The molecule has 2 heteroatoms. The first-order valence-electron chi connectivity index (χ1n) is 6.61. The van der Waals surface area contributed by atoms with Crippen molar-refractivity contribution in [2.24, 2.45) is 11.7 Å². The van der Waals surface area contributed by atoms with Crippen molar-refractivity contribution in [2.75, 3.05) is 6.61 Å². The summed E-state index contributed by atoms with van der Waals surface area (Å²) in [6, 6.07) is 8.55. The van der Waals surface area contributed by atoms with E-state index in [0.717, 1.165) is 31.6 Å². The van der Waals surface area contributed by atoms with Crippen LogP contribution in [0, 0.1) is 5.92 Å². The zero-order valence-corrected chi connectivity index (χ0v) is 11.3. The molecule has 2 N–H and O–H groups in total. The highest BCUT2D eigenvalue weighted by Crippen LogP contribution is 2.21. The predicted octanol–water partition coefficient (Wildman–Crippen LogP) is 3.39. The zero-order valence-electron chi connectivity index (χ0n) is 11.3. The van der Waals surface area contributed by atoms with E-state index in [0.29, 0.717) is 5.92 Å². The second-order valence-electron chi connectivity index (χ2n) is 4.90. The molecule has 1 unspecified atom stereocenters. The third-order valence-corrected chi connectivity index (χ3v) is 3.04. The minimum atomic E-state index is 0.272. The van der Waals surface area contributed by atoms with Crippen molar-refractivity contribution in [1.82, 2.24) is 0 Å². The van der Waals surface area contributed by atoms with E-state index in [-0.39, 0.29) is 6.04 Å². The standard InChI is InChI=1S/C15H25NO/c1-4-11-17-15-8-6-5-7-13(15)9-10-14(16)12(2)3/h5-8,12,14H,4,9-11,16H2,1-3H3. The van der Waals surface area contributed by atoms with Crippen LogP contribution < -0.4 is 10.5 Å². The maximum Gasteiger partial charge on any atom is 0.122 e. The Morgan fingerprint density at radius 3 is 2.59 bits per heavy atom. The molecule has 1 rings (SSSR count). The maximum absolute atomic E-state index is 6.07. The lowest BCUT2D eigenvalue weighted by atomic mass is 9.97. The van der Waals surface area contributed by atoms with Gasteiger partial charge in [0.15, 0.2) is 0 Å². The first-order chi connectivity index (χ1) is 8.15. The van der Waals surface area contributed by atoms with Crippen LogP contribution in [0.2, 0.25) is 0 Å². The summed E-state index contributed by atoms with van der Waals surface area (Å²) < 4.78 is 5.74. The summed E-state index contributed by atoms with van der Waals surface area (Å²) in [5.74, 6) is 1.56. The van der Waals surface area contributed by atoms with Gasteiger partial charge in [0.1, 0.15) is 5.75 Å². The van der Waals surface area contributed by atoms with Gasteiger partial charge in [-0.05, 0) is 36.8 Å². The molecule has 17 heavy (non-hydrogen) atoms. The average molecular weight is 235 g/mol. The molecule has 1 aromatic carbocycles. The zero-order chi connectivity index (χ0) is 12.7. The highest BCUT2D eigenvalue weighted by atomic mass is 16.5. The smallest absolute Gasteiger partial charge is 0.122 e. The van der Waals surface area contributed by atoms with E-state index in [2.05, 4.69) is 32.9 Å². The Morgan fingerprint density at radius 2 is 1.94 bits per heavy atom. The second kappa shape index (κ2) is 7.33. The number of rotatable bonds is 7. The van der Waals surface area contributed by atoms with Gasteiger partial charge in [0.25, 0.3) is 0 Å². The van der Waals surface area contributed by atoms with Gasteiger partial charge in [0, 0.05) is 6.04 Å². The first-order valence-corrected chi connectivity index (χ1v) is 6.61. The molecule has 1 atom stereocenters. The normalized spacial score (nSPS) is 12.8. The van der Waals surface area contributed by atoms with Crippen molar-refractivity contribution in [3.8, 4) is 5.75 Å². The lowest BCUT2D eigenvalue weighted by Gasteiger charge is -2.16. The molecule has 0 radical (unpaired) electrons. The van der Waals surface area contributed by atoms with Gasteiger partial charge < -0.3 is 10.5 Å². The molecule has 0 aliphatic heterocycles. The number of nitrogens with two attached hydrogens (primary N) is 1. The Labute approximate surface area is 105 Å². The fraction of sp³-hybridized carbons (Fsp3) is 0.600. The SMILES string of the molecule is CCCOc1ccccc1CCC(N)C(C)C. The molecule has 0 aliphatic carbocycles. The van der Waals surface area contributed by atoms with Gasteiger partial charge in [-0.15, -0.1) is 0 Å². The van der Waals surface area contributed by atoms with E-state index >= 15 is 0 Å². The topological polar surface area (TPSA) is 35.2 Å². The third kappa shape index (κ3) is 4.78. The average Bonchev–Trinajstić information content (AvgIpc) is 2.34. The van der Waals surface area contributed by atoms with E-state index in [1.165, 1.54) is 5.56 Å². The molecule has 0 aromatic heterocycles. The van der Waals surface area contributed by atoms with E-state index in [4.69, 9.17) is 10.5 Å². The quantitative estimate of drug-likeness (QED) is 0.786. The van der Waals surface area contributed by atoms with Crippen LogP contribution in [-0.2, 0) is 6.42 Å². The highest BCUT2D eigenvalue weighted by molar-refractivity contribution is 5.33. The summed E-state index contributed by atoms with van der Waals surface area (Å²) in [5.41, 5.74) is 7.35. The van der Waals surface area contributed by atoms with E-state index in [1.807, 2.05) is 12.1 Å². The molecule has 1 aromatic rings. The van der Waals surface area contributed by atoms with Gasteiger partial charge in [-0.2, -0.15) is 0 Å². The van der Waals surface area contributed by atoms with Crippen molar-refractivity contribution in [3.63, 3.8) is 0 Å². The molecule has 0 saturated heterocycles. The molecular weight excluding hydrogens is 210 g/mol. The van der Waals surface area contributed by atoms with Crippen LogP contribution in [0.1, 0.15) is 39.2 Å². The summed E-state index contributed by atoms with van der Waals surface area (Å²) in [4.78, 5) is 0. The Kier molecular flexibility index (Phi) is 6.06. The number of benzene rings is 1. The summed E-state index contributed by atoms with van der Waals surface area (Å²) in [6.45, 7) is 7.25. The molecule has 96 valence electrons. The van der Waals surface area contributed by atoms with E-state index in [1.54, 1.807) is 0 Å². The molecule has 0 bridgehead atoms. The van der Waals surface area contributed by atoms with Gasteiger partial charge in [0.05, 0.1) is 6.61 Å². The number of hydrogen-bond acceptors (Lipinski definition) is 2. The number of aryl methyl sites for hydroxylation is 1. The monoisotopic (exact) mass is 235 g/mol. The minimum absolute atomic E-state index is 0.272. The molecule has 0 saturated carbocycles. The molecule has 0 heterocycles. The molecule has 0 spiro atoms. The van der Waals surface area contributed by atoms with Gasteiger partial charge >= 0.3 is 0 Å². The lowest BCUT2D eigenvalue weighted by Crippen LogP contribution is -2.26. The Bertz CT molecular complexity index is 322. The van der Waals surface area contributed by atoms with Crippen LogP contribution >= 0.6 is 0 Å². The molecule has 0 fully saturated rings. The highest BCUT2D eigenvalue weighted by Gasteiger charge is 2.09. The van der Waals surface area contributed by atoms with Crippen LogP contribution in [0.5, 0.6) is 5.75 Å². The van der Waals surface area contributed by atoms with Crippen LogP contribution in [0.4, 0.5) is 0 Å². The summed E-state index contributed by atoms with van der Waals surface area (Å²) >= 11 is 0. The maximum atomic E-state index is 6.07. The number of para-hydroxylation sites is 1. The van der Waals surface area contributed by atoms with Crippen LogP contribution in [0.25, 0.3) is 0 Å². The van der Waals surface area contributed by atoms with Crippen molar-refractivity contribution in [1.29, 1.82) is 0 Å². The molecule has 0 amide bonds. The van der Waals surface area contributed by atoms with Crippen molar-refractivity contribution < 1.29 is 4.74 Å².